The van der Waals surface area contributed by atoms with E-state index in [4.69, 9.17) is 23.2 Å². The number of sulfonamides is 1. The summed E-state index contributed by atoms with van der Waals surface area (Å²) in [7, 11) is -3.79. The number of hydrogen-bond acceptors (Lipinski definition) is 2. The minimum Gasteiger partial charge on any atom is -0.277 e. The Morgan fingerprint density at radius 1 is 1.00 bits per heavy atom. The van der Waals surface area contributed by atoms with Gasteiger partial charge in [-0.2, -0.15) is 0 Å². The van der Waals surface area contributed by atoms with Gasteiger partial charge in [-0.05, 0) is 36.8 Å². The molecule has 0 unspecified atom stereocenters. The van der Waals surface area contributed by atoms with Crippen molar-refractivity contribution in [3.63, 3.8) is 0 Å². The summed E-state index contributed by atoms with van der Waals surface area (Å²) in [4.78, 5) is 0.159. The van der Waals surface area contributed by atoms with Gasteiger partial charge in [0.25, 0.3) is 10.0 Å². The van der Waals surface area contributed by atoms with Crippen LogP contribution in [-0.2, 0) is 10.0 Å². The fraction of sp³-hybridized carbons (Fsp3) is 0.0769. The third-order valence-corrected chi connectivity index (χ3v) is 5.72. The van der Waals surface area contributed by atoms with Gasteiger partial charge in [0.2, 0.25) is 0 Å². The van der Waals surface area contributed by atoms with Crippen LogP contribution in [0.25, 0.3) is 0 Å². The first-order valence-corrected chi connectivity index (χ1v) is 9.47. The van der Waals surface area contributed by atoms with Gasteiger partial charge in [0.1, 0.15) is 0 Å². The van der Waals surface area contributed by atoms with E-state index in [1.165, 1.54) is 6.07 Å². The Balaban J connectivity index is 2.50. The molecule has 0 amide bonds. The predicted molar refractivity (Wildman–Crippen MR) is 93.8 cm³/mol. The molecule has 0 aliphatic carbocycles. The molecule has 112 valence electrons. The van der Waals surface area contributed by atoms with Crippen molar-refractivity contribution >= 4 is 70.8 Å². The van der Waals surface area contributed by atoms with Crippen molar-refractivity contribution in [3.8, 4) is 0 Å². The van der Waals surface area contributed by atoms with Crippen LogP contribution in [0, 0.1) is 6.92 Å². The number of nitrogens with one attached hydrogen (secondary N) is 1. The van der Waals surface area contributed by atoms with Crippen LogP contribution < -0.4 is 4.72 Å². The molecule has 2 aromatic carbocycles. The second-order valence-corrected chi connectivity index (χ2v) is 8.56. The molecule has 0 spiro atoms. The minimum atomic E-state index is -3.79. The summed E-state index contributed by atoms with van der Waals surface area (Å²) in [6.07, 6.45) is 0. The zero-order chi connectivity index (χ0) is 15.8. The minimum absolute atomic E-state index is 0.154. The first-order valence-electron chi connectivity index (χ1n) is 5.64. The van der Waals surface area contributed by atoms with E-state index in [0.29, 0.717) is 14.5 Å². The number of benzene rings is 2. The molecule has 21 heavy (non-hydrogen) atoms. The van der Waals surface area contributed by atoms with Crippen LogP contribution in [0.3, 0.4) is 0 Å². The fourth-order valence-electron chi connectivity index (χ4n) is 1.69. The summed E-state index contributed by atoms with van der Waals surface area (Å²) < 4.78 is 28.8. The Bertz CT molecular complexity index is 787. The smallest absolute Gasteiger partial charge is 0.262 e. The molecule has 0 atom stereocenters. The number of rotatable bonds is 3. The second kappa shape index (κ2) is 6.46. The molecular weight excluding hydrogens is 465 g/mol. The lowest BCUT2D eigenvalue weighted by molar-refractivity contribution is 0.600. The van der Waals surface area contributed by atoms with Crippen LogP contribution >= 0.6 is 55.1 Å². The Morgan fingerprint density at radius 2 is 1.57 bits per heavy atom. The van der Waals surface area contributed by atoms with Crippen molar-refractivity contribution in [2.24, 2.45) is 0 Å². The molecule has 3 nitrogen and oxygen atoms in total. The van der Waals surface area contributed by atoms with Crippen LogP contribution in [-0.4, -0.2) is 8.42 Å². The topological polar surface area (TPSA) is 46.2 Å². The normalized spacial score (nSPS) is 11.5. The summed E-state index contributed by atoms with van der Waals surface area (Å²) in [5.41, 5.74) is 0.774. The molecular formula is C13H9Br2Cl2NO2S. The average Bonchev–Trinajstić information content (AvgIpc) is 2.36. The molecule has 0 aromatic heterocycles. The lowest BCUT2D eigenvalue weighted by atomic mass is 10.2. The first-order chi connectivity index (χ1) is 9.70. The van der Waals surface area contributed by atoms with Crippen LogP contribution in [0.4, 0.5) is 5.69 Å². The van der Waals surface area contributed by atoms with E-state index in [1.54, 1.807) is 31.2 Å². The van der Waals surface area contributed by atoms with Crippen LogP contribution in [0.2, 0.25) is 10.0 Å². The summed E-state index contributed by atoms with van der Waals surface area (Å²) in [5, 5.41) is 0.427. The maximum Gasteiger partial charge on any atom is 0.262 e. The maximum absolute atomic E-state index is 12.5. The fourth-order valence-corrected chi connectivity index (χ4v) is 4.99. The quantitative estimate of drug-likeness (QED) is 0.628. The molecule has 0 saturated carbocycles. The first kappa shape index (κ1) is 17.1. The van der Waals surface area contributed by atoms with Crippen molar-refractivity contribution in [1.29, 1.82) is 0 Å². The van der Waals surface area contributed by atoms with Gasteiger partial charge in [0.05, 0.1) is 20.6 Å². The largest absolute Gasteiger partial charge is 0.277 e. The number of halogens is 4. The van der Waals surface area contributed by atoms with E-state index in [1.807, 2.05) is 0 Å². The van der Waals surface area contributed by atoms with Gasteiger partial charge in [0, 0.05) is 8.95 Å². The molecule has 0 fully saturated rings. The average molecular weight is 474 g/mol. The lowest BCUT2D eigenvalue weighted by Gasteiger charge is -2.13. The highest BCUT2D eigenvalue weighted by atomic mass is 79.9. The summed E-state index contributed by atoms with van der Waals surface area (Å²) >= 11 is 18.6. The SMILES string of the molecule is Cc1ccc(Br)cc1S(=O)(=O)Nc1c(Cl)cc(Br)cc1Cl. The number of aryl methyl sites for hydroxylation is 1. The van der Waals surface area contributed by atoms with Crippen molar-refractivity contribution in [2.75, 3.05) is 4.72 Å². The molecule has 0 radical (unpaired) electrons. The van der Waals surface area contributed by atoms with Gasteiger partial charge in [-0.15, -0.1) is 0 Å². The van der Waals surface area contributed by atoms with Gasteiger partial charge in [-0.25, -0.2) is 8.42 Å². The number of hydrogen-bond donors (Lipinski definition) is 1. The van der Waals surface area contributed by atoms with E-state index in [0.717, 1.165) is 0 Å². The van der Waals surface area contributed by atoms with E-state index in [-0.39, 0.29) is 20.6 Å². The molecule has 8 heteroatoms. The van der Waals surface area contributed by atoms with Gasteiger partial charge < -0.3 is 0 Å². The van der Waals surface area contributed by atoms with Gasteiger partial charge >= 0.3 is 0 Å². The highest BCUT2D eigenvalue weighted by Crippen LogP contribution is 2.35. The highest BCUT2D eigenvalue weighted by molar-refractivity contribution is 9.10. The van der Waals surface area contributed by atoms with Gasteiger partial charge in [-0.3, -0.25) is 4.72 Å². The van der Waals surface area contributed by atoms with Crippen LogP contribution in [0.1, 0.15) is 5.56 Å². The zero-order valence-corrected chi connectivity index (χ0v) is 16.1. The Kier molecular flexibility index (Phi) is 5.26. The standard InChI is InChI=1S/C13H9Br2Cl2NO2S/c1-7-2-3-8(14)6-12(7)21(19,20)18-13-10(16)4-9(15)5-11(13)17/h2-6,18H,1H3. The molecule has 0 aliphatic rings. The van der Waals surface area contributed by atoms with Gasteiger partial charge in [-0.1, -0.05) is 61.1 Å². The van der Waals surface area contributed by atoms with Gasteiger partial charge in [0.15, 0.2) is 0 Å². The zero-order valence-electron chi connectivity index (χ0n) is 10.6. The summed E-state index contributed by atoms with van der Waals surface area (Å²) in [5.74, 6) is 0. The molecule has 0 aliphatic heterocycles. The van der Waals surface area contributed by atoms with Crippen LogP contribution in [0.5, 0.6) is 0 Å². The van der Waals surface area contributed by atoms with E-state index < -0.39 is 10.0 Å². The molecule has 2 aromatic rings. The monoisotopic (exact) mass is 471 g/mol. The van der Waals surface area contributed by atoms with Crippen molar-refractivity contribution in [1.82, 2.24) is 0 Å². The molecule has 1 N–H and O–H groups in total. The summed E-state index contributed by atoms with van der Waals surface area (Å²) in [6, 6.07) is 8.15. The third kappa shape index (κ3) is 3.93. The van der Waals surface area contributed by atoms with Crippen LogP contribution in [0.15, 0.2) is 44.2 Å². The molecule has 0 saturated heterocycles. The number of anilines is 1. The molecule has 0 heterocycles. The Hall–Kier alpha value is -0.270. The molecule has 0 bridgehead atoms. The van der Waals surface area contributed by atoms with E-state index in [9.17, 15) is 8.42 Å². The molecule has 2 rings (SSSR count). The van der Waals surface area contributed by atoms with Crippen molar-refractivity contribution in [3.05, 3.63) is 54.9 Å². The van der Waals surface area contributed by atoms with E-state index in [2.05, 4.69) is 36.6 Å². The second-order valence-electron chi connectivity index (χ2n) is 4.26. The Morgan fingerprint density at radius 3 is 2.14 bits per heavy atom. The summed E-state index contributed by atoms with van der Waals surface area (Å²) in [6.45, 7) is 1.71. The van der Waals surface area contributed by atoms with E-state index >= 15 is 0 Å². The Labute approximate surface area is 150 Å². The highest BCUT2D eigenvalue weighted by Gasteiger charge is 2.20. The maximum atomic E-state index is 12.5. The third-order valence-electron chi connectivity index (χ3n) is 2.68. The van der Waals surface area contributed by atoms with Crippen molar-refractivity contribution in [2.45, 2.75) is 11.8 Å². The predicted octanol–water partition coefficient (Wildman–Crippen LogP) is 5.63. The van der Waals surface area contributed by atoms with Crippen molar-refractivity contribution < 1.29 is 8.42 Å². The lowest BCUT2D eigenvalue weighted by Crippen LogP contribution is -2.15.